The largest absolute Gasteiger partial charge is 0.493 e. The second-order valence-electron chi connectivity index (χ2n) is 5.66. The predicted molar refractivity (Wildman–Crippen MR) is 84.4 cm³/mol. The summed E-state index contributed by atoms with van der Waals surface area (Å²) in [6.07, 6.45) is 0.815. The number of ether oxygens (including phenoxy) is 1. The second-order valence-corrected chi connectivity index (χ2v) is 6.74. The average molecular weight is 290 g/mol. The molecule has 0 amide bonds. The Labute approximate surface area is 124 Å². The van der Waals surface area contributed by atoms with E-state index in [4.69, 9.17) is 10.5 Å². The smallest absolute Gasteiger partial charge is 0.119 e. The van der Waals surface area contributed by atoms with Crippen LogP contribution in [0.5, 0.6) is 5.75 Å². The van der Waals surface area contributed by atoms with E-state index in [1.165, 1.54) is 5.56 Å². The van der Waals surface area contributed by atoms with Gasteiger partial charge in [0.25, 0.3) is 0 Å². The molecule has 2 N–H and O–H groups in total. The summed E-state index contributed by atoms with van der Waals surface area (Å²) in [7, 11) is 0. The van der Waals surface area contributed by atoms with Crippen molar-refractivity contribution in [3.63, 3.8) is 0 Å². The molecule has 0 saturated heterocycles. The number of hydrogen-bond donors (Lipinski definition) is 1. The summed E-state index contributed by atoms with van der Waals surface area (Å²) in [5, 5.41) is 1.09. The third-order valence-corrected chi connectivity index (χ3v) is 4.59. The van der Waals surface area contributed by atoms with Gasteiger partial charge in [-0.25, -0.2) is 4.98 Å². The first-order valence-corrected chi connectivity index (χ1v) is 7.63. The number of hydrogen-bond acceptors (Lipinski definition) is 4. The number of thiazole rings is 1. The van der Waals surface area contributed by atoms with Gasteiger partial charge in [0.05, 0.1) is 17.3 Å². The van der Waals surface area contributed by atoms with Crippen molar-refractivity contribution in [2.24, 2.45) is 5.73 Å². The molecule has 0 aliphatic heterocycles. The van der Waals surface area contributed by atoms with Gasteiger partial charge in [-0.3, -0.25) is 0 Å². The van der Waals surface area contributed by atoms with Gasteiger partial charge in [-0.05, 0) is 39.8 Å². The van der Waals surface area contributed by atoms with Crippen LogP contribution >= 0.6 is 11.3 Å². The normalized spacial score (nSPS) is 11.7. The minimum atomic E-state index is -0.322. The van der Waals surface area contributed by atoms with E-state index in [1.54, 1.807) is 11.3 Å². The maximum Gasteiger partial charge on any atom is 0.119 e. The first-order valence-electron chi connectivity index (χ1n) is 6.81. The minimum Gasteiger partial charge on any atom is -0.493 e. The molecular formula is C16H22N2OS. The van der Waals surface area contributed by atoms with Crippen molar-refractivity contribution in [2.45, 2.75) is 39.7 Å². The Bertz CT molecular complexity index is 567. The first-order chi connectivity index (χ1) is 9.36. The molecule has 1 heterocycles. The van der Waals surface area contributed by atoms with Crippen molar-refractivity contribution >= 4 is 11.3 Å². The zero-order valence-corrected chi connectivity index (χ0v) is 13.4. The lowest BCUT2D eigenvalue weighted by Crippen LogP contribution is -2.28. The zero-order valence-electron chi connectivity index (χ0n) is 12.6. The highest BCUT2D eigenvalue weighted by atomic mass is 32.1. The van der Waals surface area contributed by atoms with Crippen LogP contribution in [0.1, 0.15) is 35.0 Å². The van der Waals surface area contributed by atoms with E-state index < -0.39 is 0 Å². The fraction of sp³-hybridized carbons (Fsp3) is 0.438. The molecule has 2 rings (SSSR count). The van der Waals surface area contributed by atoms with Crippen LogP contribution < -0.4 is 10.5 Å². The van der Waals surface area contributed by atoms with E-state index in [-0.39, 0.29) is 5.54 Å². The van der Waals surface area contributed by atoms with Gasteiger partial charge in [0, 0.05) is 16.8 Å². The van der Waals surface area contributed by atoms with Crippen LogP contribution in [-0.2, 0) is 12.0 Å². The molecule has 108 valence electrons. The van der Waals surface area contributed by atoms with Gasteiger partial charge in [-0.1, -0.05) is 17.7 Å². The van der Waals surface area contributed by atoms with Gasteiger partial charge in [0.2, 0.25) is 0 Å². The molecule has 4 heteroatoms. The maximum atomic E-state index is 6.14. The number of benzene rings is 1. The summed E-state index contributed by atoms with van der Waals surface area (Å²) in [4.78, 5) is 5.74. The molecule has 0 aliphatic carbocycles. The van der Waals surface area contributed by atoms with Gasteiger partial charge in [0.15, 0.2) is 0 Å². The summed E-state index contributed by atoms with van der Waals surface area (Å²) in [5.74, 6) is 0.906. The summed E-state index contributed by atoms with van der Waals surface area (Å²) in [5.41, 5.74) is 8.10. The molecule has 0 spiro atoms. The molecule has 0 fully saturated rings. The predicted octanol–water partition coefficient (Wildman–Crippen LogP) is 3.58. The third-order valence-electron chi connectivity index (χ3n) is 3.03. The first kappa shape index (κ1) is 15.0. The quantitative estimate of drug-likeness (QED) is 0.915. The summed E-state index contributed by atoms with van der Waals surface area (Å²) >= 11 is 1.69. The van der Waals surface area contributed by atoms with E-state index in [2.05, 4.69) is 24.0 Å². The van der Waals surface area contributed by atoms with Crippen molar-refractivity contribution in [3.8, 4) is 5.75 Å². The minimum absolute atomic E-state index is 0.322. The van der Waals surface area contributed by atoms with Gasteiger partial charge in [-0.15, -0.1) is 11.3 Å². The second kappa shape index (κ2) is 5.94. The molecular weight excluding hydrogens is 268 g/mol. The molecule has 3 nitrogen and oxygen atoms in total. The number of nitrogens with two attached hydrogens (primary N) is 1. The van der Waals surface area contributed by atoms with Crippen LogP contribution in [0.4, 0.5) is 0 Å². The highest BCUT2D eigenvalue weighted by molar-refractivity contribution is 7.11. The van der Waals surface area contributed by atoms with Gasteiger partial charge in [-0.2, -0.15) is 0 Å². The summed E-state index contributed by atoms with van der Waals surface area (Å²) in [6, 6.07) is 8.10. The van der Waals surface area contributed by atoms with Crippen molar-refractivity contribution < 1.29 is 4.74 Å². The topological polar surface area (TPSA) is 48.1 Å². The van der Waals surface area contributed by atoms with E-state index in [9.17, 15) is 0 Å². The van der Waals surface area contributed by atoms with E-state index in [0.29, 0.717) is 6.61 Å². The SMILES string of the molecule is Cc1ccc(OCCc2nc(C)c(C(C)(C)N)s2)cc1. The molecule has 0 aliphatic rings. The Morgan fingerprint density at radius 3 is 2.40 bits per heavy atom. The maximum absolute atomic E-state index is 6.14. The molecule has 0 bridgehead atoms. The number of aromatic nitrogens is 1. The van der Waals surface area contributed by atoms with Crippen LogP contribution in [0.15, 0.2) is 24.3 Å². The Morgan fingerprint density at radius 1 is 1.20 bits per heavy atom. The standard InChI is InChI=1S/C16H22N2OS/c1-11-5-7-13(8-6-11)19-10-9-14-18-12(2)15(20-14)16(3,4)17/h5-8H,9-10,17H2,1-4H3. The number of nitrogens with zero attached hydrogens (tertiary/aromatic N) is 1. The van der Waals surface area contributed by atoms with Crippen molar-refractivity contribution in [1.29, 1.82) is 0 Å². The van der Waals surface area contributed by atoms with Crippen LogP contribution in [0, 0.1) is 13.8 Å². The zero-order chi connectivity index (χ0) is 14.8. The fourth-order valence-corrected chi connectivity index (χ4v) is 3.11. The number of rotatable bonds is 5. The molecule has 0 atom stereocenters. The van der Waals surface area contributed by atoms with Crippen molar-refractivity contribution in [3.05, 3.63) is 45.4 Å². The van der Waals surface area contributed by atoms with E-state index in [1.807, 2.05) is 32.9 Å². The van der Waals surface area contributed by atoms with Crippen LogP contribution in [0.25, 0.3) is 0 Å². The highest BCUT2D eigenvalue weighted by Gasteiger charge is 2.21. The molecule has 0 unspecified atom stereocenters. The molecule has 1 aromatic carbocycles. The van der Waals surface area contributed by atoms with Gasteiger partial charge in [0.1, 0.15) is 5.75 Å². The Hall–Kier alpha value is -1.39. The van der Waals surface area contributed by atoms with Crippen molar-refractivity contribution in [1.82, 2.24) is 4.98 Å². The van der Waals surface area contributed by atoms with Crippen LogP contribution in [0.3, 0.4) is 0 Å². The Morgan fingerprint density at radius 2 is 1.85 bits per heavy atom. The monoisotopic (exact) mass is 290 g/mol. The lowest BCUT2D eigenvalue weighted by atomic mass is 10.0. The molecule has 0 saturated carbocycles. The third kappa shape index (κ3) is 3.81. The summed E-state index contributed by atoms with van der Waals surface area (Å²) < 4.78 is 5.74. The van der Waals surface area contributed by atoms with E-state index >= 15 is 0 Å². The molecule has 0 radical (unpaired) electrons. The van der Waals surface area contributed by atoms with E-state index in [0.717, 1.165) is 27.7 Å². The van der Waals surface area contributed by atoms with Gasteiger partial charge < -0.3 is 10.5 Å². The summed E-state index contributed by atoms with van der Waals surface area (Å²) in [6.45, 7) is 8.75. The lowest BCUT2D eigenvalue weighted by Gasteiger charge is -2.16. The van der Waals surface area contributed by atoms with Crippen LogP contribution in [-0.4, -0.2) is 11.6 Å². The molecule has 2 aromatic rings. The lowest BCUT2D eigenvalue weighted by molar-refractivity contribution is 0.321. The number of aryl methyl sites for hydroxylation is 2. The Kier molecular flexibility index (Phi) is 4.45. The van der Waals surface area contributed by atoms with Gasteiger partial charge >= 0.3 is 0 Å². The van der Waals surface area contributed by atoms with Crippen LogP contribution in [0.2, 0.25) is 0 Å². The fourth-order valence-electron chi connectivity index (χ4n) is 2.05. The highest BCUT2D eigenvalue weighted by Crippen LogP contribution is 2.28. The Balaban J connectivity index is 1.93. The molecule has 1 aromatic heterocycles. The molecule has 20 heavy (non-hydrogen) atoms. The van der Waals surface area contributed by atoms with Crippen molar-refractivity contribution in [2.75, 3.05) is 6.61 Å². The average Bonchev–Trinajstić information content (AvgIpc) is 2.73.